The molecule has 0 aliphatic heterocycles. The molecule has 16 heavy (non-hydrogen) atoms. The number of aliphatic hydroxyl groups excluding tert-OH is 1. The second-order valence-corrected chi connectivity index (χ2v) is 5.04. The maximum atomic E-state index is 8.82. The van der Waals surface area contributed by atoms with Crippen LogP contribution in [0.1, 0.15) is 51.9 Å². The van der Waals surface area contributed by atoms with Crippen molar-refractivity contribution in [2.24, 2.45) is 5.73 Å². The summed E-state index contributed by atoms with van der Waals surface area (Å²) in [6.07, 6.45) is 8.18. The highest BCUT2D eigenvalue weighted by molar-refractivity contribution is 4.81. The summed E-state index contributed by atoms with van der Waals surface area (Å²) in [6, 6.07) is 1.19. The first-order valence-corrected chi connectivity index (χ1v) is 6.88. The highest BCUT2D eigenvalue weighted by Gasteiger charge is 2.23. The van der Waals surface area contributed by atoms with E-state index >= 15 is 0 Å². The molecule has 3 N–H and O–H groups in total. The van der Waals surface area contributed by atoms with E-state index in [4.69, 9.17) is 10.8 Å². The minimum absolute atomic E-state index is 0.329. The van der Waals surface area contributed by atoms with Gasteiger partial charge in [-0.15, -0.1) is 0 Å². The summed E-state index contributed by atoms with van der Waals surface area (Å²) < 4.78 is 0. The van der Waals surface area contributed by atoms with Gasteiger partial charge in [0.15, 0.2) is 0 Å². The predicted octanol–water partition coefficient (Wildman–Crippen LogP) is 1.74. The third-order valence-corrected chi connectivity index (χ3v) is 3.62. The first-order chi connectivity index (χ1) is 7.77. The van der Waals surface area contributed by atoms with Gasteiger partial charge in [-0.05, 0) is 58.0 Å². The zero-order chi connectivity index (χ0) is 11.8. The Morgan fingerprint density at radius 2 is 1.81 bits per heavy atom. The van der Waals surface area contributed by atoms with E-state index in [0.29, 0.717) is 12.6 Å². The largest absolute Gasteiger partial charge is 0.396 e. The number of nitrogens with zero attached hydrogens (tertiary/aromatic N) is 1. The van der Waals surface area contributed by atoms with Crippen molar-refractivity contribution in [2.75, 3.05) is 19.7 Å². The zero-order valence-electron chi connectivity index (χ0n) is 10.7. The third kappa shape index (κ3) is 4.81. The third-order valence-electron chi connectivity index (χ3n) is 3.62. The highest BCUT2D eigenvalue weighted by Crippen LogP contribution is 2.22. The Morgan fingerprint density at radius 3 is 2.38 bits per heavy atom. The van der Waals surface area contributed by atoms with Gasteiger partial charge in [0.2, 0.25) is 0 Å². The van der Waals surface area contributed by atoms with E-state index in [-0.39, 0.29) is 0 Å². The van der Waals surface area contributed by atoms with Gasteiger partial charge in [0.25, 0.3) is 0 Å². The van der Waals surface area contributed by atoms with Crippen molar-refractivity contribution >= 4 is 0 Å². The Bertz CT molecular complexity index is 167. The van der Waals surface area contributed by atoms with Crippen LogP contribution in [0, 0.1) is 0 Å². The van der Waals surface area contributed by atoms with Crippen LogP contribution >= 0.6 is 0 Å². The Hall–Kier alpha value is -0.120. The number of unbranched alkanes of at least 4 members (excludes halogenated alkanes) is 1. The molecule has 0 unspecified atom stereocenters. The fraction of sp³-hybridized carbons (Fsp3) is 1.00. The maximum Gasteiger partial charge on any atom is 0.0431 e. The lowest BCUT2D eigenvalue weighted by Gasteiger charge is -2.36. The fourth-order valence-corrected chi connectivity index (χ4v) is 2.66. The van der Waals surface area contributed by atoms with Gasteiger partial charge in [-0.2, -0.15) is 0 Å². The molecule has 0 spiro atoms. The molecule has 0 heterocycles. The van der Waals surface area contributed by atoms with Crippen LogP contribution in [0.25, 0.3) is 0 Å². The molecule has 0 aromatic heterocycles. The Balaban J connectivity index is 2.30. The van der Waals surface area contributed by atoms with Crippen molar-refractivity contribution in [3.05, 3.63) is 0 Å². The van der Waals surface area contributed by atoms with Gasteiger partial charge in [-0.3, -0.25) is 0 Å². The number of nitrogens with two attached hydrogens (primary N) is 1. The lowest BCUT2D eigenvalue weighted by atomic mass is 9.90. The summed E-state index contributed by atoms with van der Waals surface area (Å²) >= 11 is 0. The van der Waals surface area contributed by atoms with Crippen LogP contribution in [0.4, 0.5) is 0 Å². The molecule has 3 nitrogen and oxygen atoms in total. The molecule has 1 saturated carbocycles. The first kappa shape index (κ1) is 13.9. The molecule has 0 aromatic rings. The fourth-order valence-electron chi connectivity index (χ4n) is 2.66. The van der Waals surface area contributed by atoms with Crippen molar-refractivity contribution in [2.45, 2.75) is 64.0 Å². The second kappa shape index (κ2) is 8.04. The summed E-state index contributed by atoms with van der Waals surface area (Å²) in [5.74, 6) is 0. The van der Waals surface area contributed by atoms with Gasteiger partial charge < -0.3 is 15.7 Å². The van der Waals surface area contributed by atoms with Gasteiger partial charge in [0.05, 0.1) is 0 Å². The summed E-state index contributed by atoms with van der Waals surface area (Å²) in [5.41, 5.74) is 5.94. The summed E-state index contributed by atoms with van der Waals surface area (Å²) in [5, 5.41) is 8.82. The molecule has 1 aliphatic carbocycles. The minimum atomic E-state index is 0.329. The molecule has 1 rings (SSSR count). The van der Waals surface area contributed by atoms with Gasteiger partial charge in [-0.25, -0.2) is 0 Å². The van der Waals surface area contributed by atoms with Crippen LogP contribution in [0.3, 0.4) is 0 Å². The lowest BCUT2D eigenvalue weighted by molar-refractivity contribution is 0.143. The molecule has 0 bridgehead atoms. The topological polar surface area (TPSA) is 49.5 Å². The van der Waals surface area contributed by atoms with Crippen molar-refractivity contribution in [1.29, 1.82) is 0 Å². The Kier molecular flexibility index (Phi) is 7.01. The number of aliphatic hydroxyl groups is 1. The molecule has 1 fully saturated rings. The van der Waals surface area contributed by atoms with Crippen molar-refractivity contribution < 1.29 is 5.11 Å². The predicted molar refractivity (Wildman–Crippen MR) is 68.4 cm³/mol. The number of hydrogen-bond acceptors (Lipinski definition) is 3. The molecule has 0 aromatic carbocycles. The van der Waals surface area contributed by atoms with Crippen LogP contribution < -0.4 is 5.73 Å². The molecule has 0 radical (unpaired) electrons. The summed E-state index contributed by atoms with van der Waals surface area (Å²) in [6.45, 7) is 4.92. The molecular weight excluding hydrogens is 200 g/mol. The summed E-state index contributed by atoms with van der Waals surface area (Å²) in [4.78, 5) is 2.61. The minimum Gasteiger partial charge on any atom is -0.396 e. The Labute approximate surface area is 100 Å². The van der Waals surface area contributed by atoms with Crippen LogP contribution in [0.5, 0.6) is 0 Å². The highest BCUT2D eigenvalue weighted by atomic mass is 16.2. The lowest BCUT2D eigenvalue weighted by Crippen LogP contribution is -2.41. The zero-order valence-corrected chi connectivity index (χ0v) is 10.7. The van der Waals surface area contributed by atoms with Crippen molar-refractivity contribution in [1.82, 2.24) is 4.90 Å². The second-order valence-electron chi connectivity index (χ2n) is 5.04. The summed E-state index contributed by atoms with van der Waals surface area (Å²) in [7, 11) is 0. The molecule has 0 atom stereocenters. The molecule has 1 aliphatic rings. The van der Waals surface area contributed by atoms with Crippen LogP contribution in [-0.2, 0) is 0 Å². The van der Waals surface area contributed by atoms with Crippen molar-refractivity contribution in [3.8, 4) is 0 Å². The van der Waals surface area contributed by atoms with Gasteiger partial charge >= 0.3 is 0 Å². The van der Waals surface area contributed by atoms with E-state index in [2.05, 4.69) is 11.8 Å². The monoisotopic (exact) mass is 228 g/mol. The molecule has 0 amide bonds. The molecule has 0 saturated heterocycles. The first-order valence-electron chi connectivity index (χ1n) is 6.88. The normalized spacial score (nSPS) is 26.2. The van der Waals surface area contributed by atoms with E-state index in [1.807, 2.05) is 0 Å². The molecule has 96 valence electrons. The molecular formula is C13H28N2O. The Morgan fingerprint density at radius 1 is 1.12 bits per heavy atom. The van der Waals surface area contributed by atoms with Crippen molar-refractivity contribution in [3.63, 3.8) is 0 Å². The van der Waals surface area contributed by atoms with E-state index in [1.165, 1.54) is 38.6 Å². The number of rotatable bonds is 7. The number of hydrogen-bond donors (Lipinski definition) is 2. The van der Waals surface area contributed by atoms with Gasteiger partial charge in [0, 0.05) is 18.7 Å². The van der Waals surface area contributed by atoms with Gasteiger partial charge in [-0.1, -0.05) is 6.92 Å². The van der Waals surface area contributed by atoms with E-state index in [0.717, 1.165) is 25.4 Å². The van der Waals surface area contributed by atoms with E-state index in [1.54, 1.807) is 0 Å². The smallest absolute Gasteiger partial charge is 0.0431 e. The van der Waals surface area contributed by atoms with Crippen LogP contribution in [0.15, 0.2) is 0 Å². The van der Waals surface area contributed by atoms with Gasteiger partial charge in [0.1, 0.15) is 0 Å². The standard InChI is InChI=1S/C13H28N2O/c1-2-9-15(10-3-4-11-16)13-7-5-12(14)6-8-13/h12-13,16H,2-11,14H2,1H3. The van der Waals surface area contributed by atoms with Crippen LogP contribution in [0.2, 0.25) is 0 Å². The van der Waals surface area contributed by atoms with E-state index < -0.39 is 0 Å². The SMILES string of the molecule is CCCN(CCCCO)C1CCC(N)CC1. The quantitative estimate of drug-likeness (QED) is 0.653. The van der Waals surface area contributed by atoms with Crippen LogP contribution in [-0.4, -0.2) is 41.8 Å². The maximum absolute atomic E-state index is 8.82. The average Bonchev–Trinajstić information content (AvgIpc) is 2.29. The average molecular weight is 228 g/mol. The molecule has 3 heteroatoms. The van der Waals surface area contributed by atoms with E-state index in [9.17, 15) is 0 Å².